The first-order chi connectivity index (χ1) is 12.2. The average Bonchev–Trinajstić information content (AvgIpc) is 3.14. The predicted octanol–water partition coefficient (Wildman–Crippen LogP) is 3.43. The van der Waals surface area contributed by atoms with Crippen molar-refractivity contribution in [2.24, 2.45) is 11.8 Å². The third kappa shape index (κ3) is 3.79. The van der Waals surface area contributed by atoms with Gasteiger partial charge in [0.15, 0.2) is 0 Å². The molecule has 3 atom stereocenters. The summed E-state index contributed by atoms with van der Waals surface area (Å²) in [6.45, 7) is 5.49. The van der Waals surface area contributed by atoms with Crippen LogP contribution in [0.5, 0.6) is 11.5 Å². The second-order valence-electron chi connectivity index (χ2n) is 7.49. The van der Waals surface area contributed by atoms with E-state index in [0.717, 1.165) is 49.1 Å². The second-order valence-corrected chi connectivity index (χ2v) is 7.49. The van der Waals surface area contributed by atoms with Crippen LogP contribution in [0.2, 0.25) is 0 Å². The third-order valence-corrected chi connectivity index (χ3v) is 5.69. The number of hydrogen-bond acceptors (Lipinski definition) is 4. The Balaban J connectivity index is 1.26. The fourth-order valence-corrected chi connectivity index (χ4v) is 4.34. The van der Waals surface area contributed by atoms with E-state index in [1.165, 1.54) is 18.7 Å². The minimum Gasteiger partial charge on any atom is -0.508 e. The molecule has 2 aliphatic rings. The summed E-state index contributed by atoms with van der Waals surface area (Å²) in [7, 11) is 0. The van der Waals surface area contributed by atoms with Crippen molar-refractivity contribution in [1.82, 2.24) is 9.88 Å². The highest BCUT2D eigenvalue weighted by molar-refractivity contribution is 5.26. The van der Waals surface area contributed by atoms with Crippen LogP contribution in [-0.4, -0.2) is 40.7 Å². The summed E-state index contributed by atoms with van der Waals surface area (Å²) in [5, 5.41) is 9.37. The monoisotopic (exact) mass is 338 g/mol. The zero-order chi connectivity index (χ0) is 17.2. The normalized spacial score (nSPS) is 25.9. The van der Waals surface area contributed by atoms with Gasteiger partial charge >= 0.3 is 0 Å². The van der Waals surface area contributed by atoms with Crippen molar-refractivity contribution in [3.8, 4) is 11.5 Å². The summed E-state index contributed by atoms with van der Waals surface area (Å²) in [4.78, 5) is 6.91. The van der Waals surface area contributed by atoms with Crippen LogP contribution in [0.3, 0.4) is 0 Å². The molecular weight excluding hydrogens is 312 g/mol. The van der Waals surface area contributed by atoms with Gasteiger partial charge in [-0.15, -0.1) is 0 Å². The van der Waals surface area contributed by atoms with Gasteiger partial charge in [-0.3, -0.25) is 4.98 Å². The fraction of sp³-hybridized carbons (Fsp3) is 0.476. The van der Waals surface area contributed by atoms with Crippen molar-refractivity contribution >= 4 is 0 Å². The summed E-state index contributed by atoms with van der Waals surface area (Å²) in [6.07, 6.45) is 5.53. The number of aromatic nitrogens is 1. The SMILES string of the molecule is Cc1ncccc1OC1C[C@@H]2CN(CCc3ccc(O)cc3)C[C@@H]2C1. The molecule has 1 N–H and O–H groups in total. The predicted molar refractivity (Wildman–Crippen MR) is 97.9 cm³/mol. The highest BCUT2D eigenvalue weighted by Gasteiger charge is 2.41. The second kappa shape index (κ2) is 7.04. The Morgan fingerprint density at radius 2 is 1.84 bits per heavy atom. The summed E-state index contributed by atoms with van der Waals surface area (Å²) >= 11 is 0. The number of pyridine rings is 1. The minimum absolute atomic E-state index is 0.342. The molecule has 1 aliphatic carbocycles. The van der Waals surface area contributed by atoms with Crippen molar-refractivity contribution in [1.29, 1.82) is 0 Å². The zero-order valence-corrected chi connectivity index (χ0v) is 14.8. The average molecular weight is 338 g/mol. The molecule has 132 valence electrons. The van der Waals surface area contributed by atoms with Gasteiger partial charge in [-0.1, -0.05) is 12.1 Å². The van der Waals surface area contributed by atoms with Crippen molar-refractivity contribution in [2.75, 3.05) is 19.6 Å². The molecule has 1 saturated carbocycles. The lowest BCUT2D eigenvalue weighted by molar-refractivity contribution is 0.184. The standard InChI is InChI=1S/C21H26N2O2/c1-15-21(3-2-9-22-15)25-20-11-17-13-23(14-18(17)12-20)10-8-16-4-6-19(24)7-5-16/h2-7,9,17-18,20,24H,8,10-14H2,1H3/t17-,18+,20?. The van der Waals surface area contributed by atoms with Crippen molar-refractivity contribution in [2.45, 2.75) is 32.3 Å². The zero-order valence-electron chi connectivity index (χ0n) is 14.8. The lowest BCUT2D eigenvalue weighted by atomic mass is 10.0. The molecule has 2 fully saturated rings. The van der Waals surface area contributed by atoms with Gasteiger partial charge in [-0.2, -0.15) is 0 Å². The summed E-state index contributed by atoms with van der Waals surface area (Å²) in [6, 6.07) is 11.6. The summed E-state index contributed by atoms with van der Waals surface area (Å²) in [5.41, 5.74) is 2.28. The maximum Gasteiger partial charge on any atom is 0.140 e. The van der Waals surface area contributed by atoms with Gasteiger partial charge < -0.3 is 14.7 Å². The van der Waals surface area contributed by atoms with Crippen LogP contribution in [0.15, 0.2) is 42.6 Å². The molecule has 4 heteroatoms. The molecule has 1 aromatic heterocycles. The van der Waals surface area contributed by atoms with Crippen LogP contribution in [0, 0.1) is 18.8 Å². The highest BCUT2D eigenvalue weighted by atomic mass is 16.5. The largest absolute Gasteiger partial charge is 0.508 e. The molecule has 2 heterocycles. The van der Waals surface area contributed by atoms with Crippen LogP contribution < -0.4 is 4.74 Å². The Morgan fingerprint density at radius 1 is 1.12 bits per heavy atom. The fourth-order valence-electron chi connectivity index (χ4n) is 4.34. The molecule has 2 aromatic rings. The maximum absolute atomic E-state index is 9.37. The quantitative estimate of drug-likeness (QED) is 0.907. The van der Waals surface area contributed by atoms with E-state index >= 15 is 0 Å². The van der Waals surface area contributed by atoms with Gasteiger partial charge in [0.05, 0.1) is 11.8 Å². The molecular formula is C21H26N2O2. The van der Waals surface area contributed by atoms with Gasteiger partial charge in [0.25, 0.3) is 0 Å². The molecule has 1 saturated heterocycles. The highest BCUT2D eigenvalue weighted by Crippen LogP contribution is 2.40. The van der Waals surface area contributed by atoms with E-state index in [4.69, 9.17) is 4.74 Å². The van der Waals surface area contributed by atoms with Gasteiger partial charge in [0.2, 0.25) is 0 Å². The minimum atomic E-state index is 0.342. The Kier molecular flexibility index (Phi) is 4.62. The molecule has 1 unspecified atom stereocenters. The van der Waals surface area contributed by atoms with Crippen molar-refractivity contribution in [3.63, 3.8) is 0 Å². The van der Waals surface area contributed by atoms with E-state index in [1.54, 1.807) is 12.1 Å². The van der Waals surface area contributed by atoms with E-state index in [9.17, 15) is 5.11 Å². The molecule has 1 aromatic carbocycles. The Bertz CT molecular complexity index is 702. The Labute approximate surface area is 149 Å². The molecule has 1 aliphatic heterocycles. The molecule has 0 spiro atoms. The van der Waals surface area contributed by atoms with Crippen LogP contribution in [-0.2, 0) is 6.42 Å². The Hall–Kier alpha value is -2.07. The number of phenols is 1. The number of ether oxygens (including phenoxy) is 1. The first kappa shape index (κ1) is 16.4. The lowest BCUT2D eigenvalue weighted by Crippen LogP contribution is -2.26. The summed E-state index contributed by atoms with van der Waals surface area (Å²) < 4.78 is 6.21. The van der Waals surface area contributed by atoms with E-state index in [-0.39, 0.29) is 0 Å². The van der Waals surface area contributed by atoms with Crippen LogP contribution in [0.4, 0.5) is 0 Å². The first-order valence-corrected chi connectivity index (χ1v) is 9.26. The molecule has 4 nitrogen and oxygen atoms in total. The number of phenolic OH excluding ortho intramolecular Hbond substituents is 1. The van der Waals surface area contributed by atoms with Gasteiger partial charge in [-0.25, -0.2) is 0 Å². The van der Waals surface area contributed by atoms with E-state index in [0.29, 0.717) is 11.9 Å². The molecule has 25 heavy (non-hydrogen) atoms. The summed E-state index contributed by atoms with van der Waals surface area (Å²) in [5.74, 6) is 2.81. The number of hydrogen-bond donors (Lipinski definition) is 1. The van der Waals surface area contributed by atoms with Gasteiger partial charge in [-0.05, 0) is 67.9 Å². The number of benzene rings is 1. The first-order valence-electron chi connectivity index (χ1n) is 9.26. The smallest absolute Gasteiger partial charge is 0.140 e. The van der Waals surface area contributed by atoms with Crippen LogP contribution in [0.25, 0.3) is 0 Å². The van der Waals surface area contributed by atoms with Crippen LogP contribution >= 0.6 is 0 Å². The number of rotatable bonds is 5. The third-order valence-electron chi connectivity index (χ3n) is 5.69. The van der Waals surface area contributed by atoms with Crippen LogP contribution in [0.1, 0.15) is 24.1 Å². The van der Waals surface area contributed by atoms with Gasteiger partial charge in [0, 0.05) is 25.8 Å². The maximum atomic E-state index is 9.37. The van der Waals surface area contributed by atoms with Crippen molar-refractivity contribution < 1.29 is 9.84 Å². The molecule has 0 bridgehead atoms. The molecule has 0 radical (unpaired) electrons. The lowest BCUT2D eigenvalue weighted by Gasteiger charge is -2.20. The number of aryl methyl sites for hydroxylation is 1. The van der Waals surface area contributed by atoms with Gasteiger partial charge in [0.1, 0.15) is 11.5 Å². The molecule has 0 amide bonds. The van der Waals surface area contributed by atoms with E-state index in [2.05, 4.69) is 9.88 Å². The topological polar surface area (TPSA) is 45.6 Å². The molecule has 4 rings (SSSR count). The van der Waals surface area contributed by atoms with Crippen molar-refractivity contribution in [3.05, 3.63) is 53.9 Å². The van der Waals surface area contributed by atoms with E-state index < -0.39 is 0 Å². The number of likely N-dealkylation sites (tertiary alicyclic amines) is 1. The van der Waals surface area contributed by atoms with E-state index in [1.807, 2.05) is 37.4 Å². The number of fused-ring (bicyclic) bond motifs is 1. The number of nitrogens with zero attached hydrogens (tertiary/aromatic N) is 2. The number of aromatic hydroxyl groups is 1. The Morgan fingerprint density at radius 3 is 2.52 bits per heavy atom.